The van der Waals surface area contributed by atoms with Gasteiger partial charge >= 0.3 is 0 Å². The van der Waals surface area contributed by atoms with Crippen molar-refractivity contribution in [3.05, 3.63) is 85.5 Å². The van der Waals surface area contributed by atoms with E-state index in [1.807, 2.05) is 30.3 Å². The molecule has 1 fully saturated rings. The van der Waals surface area contributed by atoms with Gasteiger partial charge in [-0.05, 0) is 60.2 Å². The largest absolute Gasteiger partial charge is 0.363 e. The topological polar surface area (TPSA) is 15.3 Å². The van der Waals surface area contributed by atoms with E-state index in [-0.39, 0.29) is 6.04 Å². The van der Waals surface area contributed by atoms with Gasteiger partial charge in [0.05, 0.1) is 16.8 Å². The third-order valence-corrected chi connectivity index (χ3v) is 6.89. The summed E-state index contributed by atoms with van der Waals surface area (Å²) in [5, 5.41) is 7.96. The van der Waals surface area contributed by atoms with Gasteiger partial charge in [0, 0.05) is 34.1 Å². The van der Waals surface area contributed by atoms with Crippen LogP contribution in [0.5, 0.6) is 0 Å². The Morgan fingerprint density at radius 1 is 1.00 bits per heavy atom. The number of piperidine rings is 1. The number of thiophene rings is 1. The second kappa shape index (κ2) is 9.06. The van der Waals surface area contributed by atoms with Gasteiger partial charge in [0.1, 0.15) is 0 Å². The highest BCUT2D eigenvalue weighted by atomic mass is 35.5. The number of anilines is 1. The zero-order chi connectivity index (χ0) is 19.5. The Hall–Kier alpha value is -1.23. The van der Waals surface area contributed by atoms with Gasteiger partial charge in [0.2, 0.25) is 0 Å². The minimum absolute atomic E-state index is 0.227. The number of halogens is 3. The van der Waals surface area contributed by atoms with Crippen molar-refractivity contribution in [1.29, 1.82) is 0 Å². The van der Waals surface area contributed by atoms with Gasteiger partial charge in [-0.1, -0.05) is 53.0 Å². The molecule has 0 amide bonds. The fraction of sp³-hybridized carbons (Fsp3) is 0.273. The van der Waals surface area contributed by atoms with E-state index < -0.39 is 0 Å². The van der Waals surface area contributed by atoms with Crippen LogP contribution in [0.3, 0.4) is 0 Å². The molecule has 3 aromatic rings. The summed E-state index contributed by atoms with van der Waals surface area (Å²) < 4.78 is 0. The van der Waals surface area contributed by atoms with Crippen LogP contribution in [-0.4, -0.2) is 12.6 Å². The summed E-state index contributed by atoms with van der Waals surface area (Å²) in [4.78, 5) is 3.76. The van der Waals surface area contributed by atoms with Crippen LogP contribution in [0.2, 0.25) is 15.1 Å². The zero-order valence-corrected chi connectivity index (χ0v) is 18.3. The molecule has 0 aliphatic carbocycles. The predicted molar refractivity (Wildman–Crippen MR) is 122 cm³/mol. The van der Waals surface area contributed by atoms with Crippen LogP contribution in [0.4, 0.5) is 5.69 Å². The van der Waals surface area contributed by atoms with E-state index in [2.05, 4.69) is 39.9 Å². The van der Waals surface area contributed by atoms with E-state index >= 15 is 0 Å². The van der Waals surface area contributed by atoms with E-state index in [1.54, 1.807) is 11.3 Å². The lowest BCUT2D eigenvalue weighted by Crippen LogP contribution is -2.44. The molecule has 2 atom stereocenters. The SMILES string of the molecule is Clc1ccc(C2CC(NCc3cccs3)CCN2c2ccc(Cl)cc2Cl)cc1. The minimum atomic E-state index is 0.227. The quantitative estimate of drug-likeness (QED) is 0.441. The van der Waals surface area contributed by atoms with E-state index in [0.717, 1.165) is 36.6 Å². The van der Waals surface area contributed by atoms with E-state index in [0.29, 0.717) is 16.1 Å². The van der Waals surface area contributed by atoms with Gasteiger partial charge in [0.25, 0.3) is 0 Å². The fourth-order valence-corrected chi connectivity index (χ4v) is 5.11. The van der Waals surface area contributed by atoms with E-state index in [1.165, 1.54) is 10.4 Å². The molecular weight excluding hydrogens is 431 g/mol. The number of nitrogens with one attached hydrogen (secondary N) is 1. The molecule has 6 heteroatoms. The molecule has 2 nitrogen and oxygen atoms in total. The molecule has 0 saturated carbocycles. The smallest absolute Gasteiger partial charge is 0.0654 e. The first-order chi connectivity index (χ1) is 13.6. The molecule has 0 spiro atoms. The summed E-state index contributed by atoms with van der Waals surface area (Å²) in [7, 11) is 0. The number of hydrogen-bond acceptors (Lipinski definition) is 3. The Bertz CT molecular complexity index is 912. The number of rotatable bonds is 5. The van der Waals surface area contributed by atoms with Crippen molar-refractivity contribution < 1.29 is 0 Å². The highest BCUT2D eigenvalue weighted by molar-refractivity contribution is 7.09. The molecule has 0 radical (unpaired) electrons. The number of benzene rings is 2. The third-order valence-electron chi connectivity index (χ3n) is 5.22. The minimum Gasteiger partial charge on any atom is -0.363 e. The lowest BCUT2D eigenvalue weighted by Gasteiger charge is -2.42. The van der Waals surface area contributed by atoms with Crippen molar-refractivity contribution in [2.75, 3.05) is 11.4 Å². The summed E-state index contributed by atoms with van der Waals surface area (Å²) in [6.45, 7) is 1.84. The van der Waals surface area contributed by atoms with Crippen molar-refractivity contribution in [1.82, 2.24) is 5.32 Å². The first-order valence-electron chi connectivity index (χ1n) is 9.33. The molecule has 1 aliphatic rings. The highest BCUT2D eigenvalue weighted by Crippen LogP contribution is 2.39. The van der Waals surface area contributed by atoms with E-state index in [4.69, 9.17) is 34.8 Å². The summed E-state index contributed by atoms with van der Waals surface area (Å²) >= 11 is 20.6. The van der Waals surface area contributed by atoms with Gasteiger partial charge in [-0.25, -0.2) is 0 Å². The zero-order valence-electron chi connectivity index (χ0n) is 15.2. The second-order valence-electron chi connectivity index (χ2n) is 7.04. The average molecular weight is 452 g/mol. The van der Waals surface area contributed by atoms with Crippen LogP contribution in [0.25, 0.3) is 0 Å². The monoisotopic (exact) mass is 450 g/mol. The van der Waals surface area contributed by atoms with Crippen LogP contribution in [0, 0.1) is 0 Å². The Morgan fingerprint density at radius 2 is 1.79 bits per heavy atom. The molecule has 146 valence electrons. The van der Waals surface area contributed by atoms with Crippen LogP contribution in [0.1, 0.15) is 29.3 Å². The van der Waals surface area contributed by atoms with Crippen LogP contribution in [0.15, 0.2) is 60.0 Å². The Balaban J connectivity index is 1.58. The maximum Gasteiger partial charge on any atom is 0.0654 e. The standard InChI is InChI=1S/C22H21Cl3N2S/c23-16-5-3-15(4-6-16)22-13-18(26-14-19-2-1-11-28-19)9-10-27(22)21-8-7-17(24)12-20(21)25/h1-8,11-12,18,22,26H,9-10,13-14H2. The first-order valence-corrected chi connectivity index (χ1v) is 11.3. The van der Waals surface area contributed by atoms with Gasteiger partial charge < -0.3 is 10.2 Å². The molecule has 4 rings (SSSR count). The molecule has 2 heterocycles. The summed E-state index contributed by atoms with van der Waals surface area (Å²) in [5.74, 6) is 0. The van der Waals surface area contributed by atoms with Gasteiger partial charge in [-0.3, -0.25) is 0 Å². The second-order valence-corrected chi connectivity index (χ2v) is 9.35. The number of hydrogen-bond donors (Lipinski definition) is 1. The molecule has 0 bridgehead atoms. The summed E-state index contributed by atoms with van der Waals surface area (Å²) in [6.07, 6.45) is 2.07. The van der Waals surface area contributed by atoms with Crippen LogP contribution < -0.4 is 10.2 Å². The highest BCUT2D eigenvalue weighted by Gasteiger charge is 2.30. The van der Waals surface area contributed by atoms with Crippen molar-refractivity contribution >= 4 is 51.8 Å². The van der Waals surface area contributed by atoms with E-state index in [9.17, 15) is 0 Å². The molecule has 2 unspecified atom stereocenters. The predicted octanol–water partition coefficient (Wildman–Crippen LogP) is 7.21. The Morgan fingerprint density at radius 3 is 2.50 bits per heavy atom. The molecule has 2 aromatic carbocycles. The van der Waals surface area contributed by atoms with Gasteiger partial charge in [0.15, 0.2) is 0 Å². The molecular formula is C22H21Cl3N2S. The molecule has 1 aliphatic heterocycles. The lowest BCUT2D eigenvalue weighted by atomic mass is 9.91. The van der Waals surface area contributed by atoms with Crippen LogP contribution in [-0.2, 0) is 6.54 Å². The summed E-state index contributed by atoms with van der Waals surface area (Å²) in [5.41, 5.74) is 2.28. The van der Waals surface area contributed by atoms with Crippen molar-refractivity contribution in [3.8, 4) is 0 Å². The van der Waals surface area contributed by atoms with Gasteiger partial charge in [-0.15, -0.1) is 11.3 Å². The van der Waals surface area contributed by atoms with Crippen molar-refractivity contribution in [2.24, 2.45) is 0 Å². The maximum absolute atomic E-state index is 6.54. The Kier molecular flexibility index (Phi) is 6.49. The Labute approximate surface area is 185 Å². The maximum atomic E-state index is 6.54. The first kappa shape index (κ1) is 20.1. The normalized spacial score (nSPS) is 19.8. The lowest BCUT2D eigenvalue weighted by molar-refractivity contribution is 0.360. The average Bonchev–Trinajstić information content (AvgIpc) is 3.21. The number of nitrogens with zero attached hydrogens (tertiary/aromatic N) is 1. The molecule has 1 saturated heterocycles. The van der Waals surface area contributed by atoms with Crippen molar-refractivity contribution in [3.63, 3.8) is 0 Å². The fourth-order valence-electron chi connectivity index (χ4n) is 3.81. The van der Waals surface area contributed by atoms with Gasteiger partial charge in [-0.2, -0.15) is 0 Å². The molecule has 1 aromatic heterocycles. The molecule has 1 N–H and O–H groups in total. The molecule has 28 heavy (non-hydrogen) atoms. The van der Waals surface area contributed by atoms with Crippen molar-refractivity contribution in [2.45, 2.75) is 31.5 Å². The third kappa shape index (κ3) is 4.67. The summed E-state index contributed by atoms with van der Waals surface area (Å²) in [6, 6.07) is 18.9. The van der Waals surface area contributed by atoms with Crippen LogP contribution >= 0.6 is 46.1 Å².